The maximum absolute atomic E-state index is 11.7. The monoisotopic (exact) mass is 743 g/mol. The summed E-state index contributed by atoms with van der Waals surface area (Å²) in [5.74, 6) is 0.547. The SMILES string of the molecule is CCC(CC)C(=O)/C=C(\O)C(CC)CC.[Ir].[c-]1ccc2ccc3sc4ccc5sc6ccnc7c6c5c4c3c2c1-7. The van der Waals surface area contributed by atoms with Crippen LogP contribution in [0.4, 0.5) is 0 Å². The largest absolute Gasteiger partial charge is 0.512 e. The van der Waals surface area contributed by atoms with Gasteiger partial charge in [-0.15, -0.1) is 51.8 Å². The molecule has 7 rings (SSSR count). The summed E-state index contributed by atoms with van der Waals surface area (Å²) in [5, 5.41) is 17.9. The van der Waals surface area contributed by atoms with Crippen LogP contribution in [0, 0.1) is 17.9 Å². The molecule has 0 atom stereocenters. The quantitative estimate of drug-likeness (QED) is 0.101. The Morgan fingerprint density at radius 2 is 1.35 bits per heavy atom. The molecule has 0 spiro atoms. The summed E-state index contributed by atoms with van der Waals surface area (Å²) in [6.45, 7) is 8.07. The van der Waals surface area contributed by atoms with Crippen LogP contribution in [-0.4, -0.2) is 15.9 Å². The predicted molar refractivity (Wildman–Crippen MR) is 169 cm³/mol. The summed E-state index contributed by atoms with van der Waals surface area (Å²) < 4.78 is 5.41. The Hall–Kier alpha value is -2.63. The Labute approximate surface area is 256 Å². The van der Waals surface area contributed by atoms with Gasteiger partial charge < -0.3 is 10.1 Å². The number of thiophene rings is 2. The normalized spacial score (nSPS) is 12.5. The Morgan fingerprint density at radius 3 is 1.98 bits per heavy atom. The molecule has 0 unspecified atom stereocenters. The fourth-order valence-electron chi connectivity index (χ4n) is 6.02. The molecule has 6 aromatic rings. The van der Waals surface area contributed by atoms with E-state index in [1.807, 2.05) is 62.6 Å². The first kappa shape index (κ1) is 28.9. The first-order valence-corrected chi connectivity index (χ1v) is 15.6. The molecule has 3 aromatic carbocycles. The van der Waals surface area contributed by atoms with E-state index < -0.39 is 0 Å². The van der Waals surface area contributed by atoms with Gasteiger partial charge >= 0.3 is 0 Å². The van der Waals surface area contributed by atoms with Crippen LogP contribution in [0.25, 0.3) is 62.4 Å². The van der Waals surface area contributed by atoms with Crippen molar-refractivity contribution in [2.45, 2.75) is 53.4 Å². The number of aliphatic hydroxyl groups excluding tert-OH is 1. The molecule has 0 fully saturated rings. The second-order valence-corrected chi connectivity index (χ2v) is 12.5. The van der Waals surface area contributed by atoms with Gasteiger partial charge in [-0.2, -0.15) is 0 Å². The molecule has 1 radical (unpaired) electrons. The Balaban J connectivity index is 0.000000179. The van der Waals surface area contributed by atoms with Crippen molar-refractivity contribution in [2.24, 2.45) is 11.8 Å². The molecule has 40 heavy (non-hydrogen) atoms. The van der Waals surface area contributed by atoms with Gasteiger partial charge in [-0.25, -0.2) is 0 Å². The number of rotatable bonds is 7. The Bertz CT molecular complexity index is 1910. The van der Waals surface area contributed by atoms with Crippen LogP contribution in [0.2, 0.25) is 0 Å². The summed E-state index contributed by atoms with van der Waals surface area (Å²) in [5.41, 5.74) is 2.24. The summed E-state index contributed by atoms with van der Waals surface area (Å²) in [6.07, 6.45) is 6.85. The minimum Gasteiger partial charge on any atom is -0.512 e. The summed E-state index contributed by atoms with van der Waals surface area (Å²) in [7, 11) is 0. The van der Waals surface area contributed by atoms with E-state index in [-0.39, 0.29) is 43.5 Å². The second kappa shape index (κ2) is 11.7. The van der Waals surface area contributed by atoms with Gasteiger partial charge in [0.05, 0.1) is 5.76 Å². The number of hydrogen-bond acceptors (Lipinski definition) is 5. The van der Waals surface area contributed by atoms with Crippen molar-refractivity contribution in [1.29, 1.82) is 0 Å². The molecule has 0 saturated heterocycles. The average Bonchev–Trinajstić information content (AvgIpc) is 3.48. The van der Waals surface area contributed by atoms with E-state index in [0.717, 1.165) is 36.9 Å². The Kier molecular flexibility index (Phi) is 8.45. The molecule has 1 N–H and O–H groups in total. The number of ketones is 1. The van der Waals surface area contributed by atoms with Gasteiger partial charge in [0.15, 0.2) is 5.78 Å². The number of allylic oxidation sites excluding steroid dienone is 2. The molecular formula is C34H32IrNO2S2-. The maximum Gasteiger partial charge on any atom is 0.162 e. The number of benzene rings is 3. The van der Waals surface area contributed by atoms with Gasteiger partial charge in [-0.1, -0.05) is 39.1 Å². The fourth-order valence-corrected chi connectivity index (χ4v) is 8.25. The maximum atomic E-state index is 11.7. The molecule has 1 aliphatic carbocycles. The number of aliphatic hydroxyl groups is 1. The number of pyridine rings is 1. The topological polar surface area (TPSA) is 50.2 Å². The zero-order valence-electron chi connectivity index (χ0n) is 23.1. The second-order valence-electron chi connectivity index (χ2n) is 10.3. The molecule has 1 aliphatic rings. The van der Waals surface area contributed by atoms with Gasteiger partial charge in [0.2, 0.25) is 0 Å². The number of hydrogen-bond donors (Lipinski definition) is 1. The molecular weight excluding hydrogens is 711 g/mol. The van der Waals surface area contributed by atoms with E-state index in [9.17, 15) is 9.90 Å². The third kappa shape index (κ3) is 4.59. The zero-order valence-corrected chi connectivity index (χ0v) is 27.2. The molecule has 0 amide bonds. The first-order chi connectivity index (χ1) is 19.0. The predicted octanol–water partition coefficient (Wildman–Crippen LogP) is 10.6. The van der Waals surface area contributed by atoms with Crippen molar-refractivity contribution >= 4 is 79.6 Å². The van der Waals surface area contributed by atoms with Crippen LogP contribution in [0.3, 0.4) is 0 Å². The van der Waals surface area contributed by atoms with Crippen LogP contribution in [-0.2, 0) is 24.9 Å². The van der Waals surface area contributed by atoms with Gasteiger partial charge in [0.1, 0.15) is 0 Å². The van der Waals surface area contributed by atoms with E-state index in [4.69, 9.17) is 4.98 Å². The smallest absolute Gasteiger partial charge is 0.162 e. The molecule has 0 aliphatic heterocycles. The van der Waals surface area contributed by atoms with E-state index in [0.29, 0.717) is 0 Å². The van der Waals surface area contributed by atoms with Crippen molar-refractivity contribution < 1.29 is 30.0 Å². The van der Waals surface area contributed by atoms with E-state index in [1.165, 1.54) is 57.2 Å². The average molecular weight is 743 g/mol. The van der Waals surface area contributed by atoms with Gasteiger partial charge in [0, 0.05) is 73.8 Å². The summed E-state index contributed by atoms with van der Waals surface area (Å²) in [4.78, 5) is 16.5. The van der Waals surface area contributed by atoms with Crippen molar-refractivity contribution in [2.75, 3.05) is 0 Å². The van der Waals surface area contributed by atoms with Gasteiger partial charge in [-0.3, -0.25) is 4.79 Å². The number of nitrogens with zero attached hydrogens (tertiary/aromatic N) is 1. The molecule has 207 valence electrons. The van der Waals surface area contributed by atoms with Crippen molar-refractivity contribution in [3.05, 3.63) is 66.6 Å². The first-order valence-electron chi connectivity index (χ1n) is 13.9. The third-order valence-corrected chi connectivity index (χ3v) is 10.5. The number of fused-ring (bicyclic) bond motifs is 1. The third-order valence-electron chi connectivity index (χ3n) is 8.24. The molecule has 6 heteroatoms. The number of carbonyl (C=O) groups is 1. The van der Waals surface area contributed by atoms with Crippen molar-refractivity contribution in [3.63, 3.8) is 0 Å². The number of carbonyl (C=O) groups excluding carboxylic acids is 1. The minimum atomic E-state index is 0. The molecule has 3 aromatic heterocycles. The van der Waals surface area contributed by atoms with Crippen LogP contribution >= 0.6 is 22.7 Å². The van der Waals surface area contributed by atoms with Gasteiger partial charge in [0.25, 0.3) is 0 Å². The summed E-state index contributed by atoms with van der Waals surface area (Å²) >= 11 is 3.77. The van der Waals surface area contributed by atoms with Crippen molar-refractivity contribution in [1.82, 2.24) is 4.98 Å². The molecule has 0 bridgehead atoms. The number of aromatic nitrogens is 1. The summed E-state index contributed by atoms with van der Waals surface area (Å²) in [6, 6.07) is 18.9. The Morgan fingerprint density at radius 1 is 0.800 bits per heavy atom. The molecule has 0 saturated carbocycles. The van der Waals surface area contributed by atoms with Crippen LogP contribution in [0.15, 0.2) is 60.5 Å². The molecule has 3 nitrogen and oxygen atoms in total. The molecule has 3 heterocycles. The minimum absolute atomic E-state index is 0. The van der Waals surface area contributed by atoms with E-state index in [1.54, 1.807) is 0 Å². The standard InChI is InChI=1S/C21H8NS2.C13H24O2.Ir/c1-2-10-4-5-12-17-16(10)11(3-1)21-20-15(8-9-22-21)24-14-7-6-13(23-12)18(17)19(14)20;1-5-10(6-2)12(14)9-13(15)11(7-3)8-4;/h1-2,4-9H;9-11,14H,5-8H2,1-4H3;/q-1;;/b;12-9-;. The van der Waals surface area contributed by atoms with Crippen molar-refractivity contribution in [3.8, 4) is 11.3 Å². The fraction of sp³-hybridized carbons (Fsp3) is 0.294. The van der Waals surface area contributed by atoms with E-state index >= 15 is 0 Å². The van der Waals surface area contributed by atoms with Gasteiger partial charge in [-0.05, 0) is 66.4 Å². The zero-order chi connectivity index (χ0) is 27.3. The van der Waals surface area contributed by atoms with Crippen LogP contribution in [0.1, 0.15) is 53.4 Å². The van der Waals surface area contributed by atoms with Crippen LogP contribution in [0.5, 0.6) is 0 Å². The van der Waals surface area contributed by atoms with Crippen LogP contribution < -0.4 is 0 Å². The van der Waals surface area contributed by atoms with E-state index in [2.05, 4.69) is 42.5 Å².